The number of hydrogen-bond acceptors (Lipinski definition) is 4. The summed E-state index contributed by atoms with van der Waals surface area (Å²) in [5, 5.41) is 6.28. The van der Waals surface area contributed by atoms with Gasteiger partial charge in [0.1, 0.15) is 5.60 Å². The summed E-state index contributed by atoms with van der Waals surface area (Å²) >= 11 is 0. The molecule has 5 heteroatoms. The van der Waals surface area contributed by atoms with Crippen LogP contribution < -0.4 is 10.6 Å². The maximum Gasteiger partial charge on any atom is 0.412 e. The van der Waals surface area contributed by atoms with E-state index in [9.17, 15) is 4.79 Å². The Balaban J connectivity index is 1.74. The van der Waals surface area contributed by atoms with Crippen molar-refractivity contribution >= 4 is 11.8 Å². The van der Waals surface area contributed by atoms with Gasteiger partial charge in [-0.25, -0.2) is 4.79 Å². The average Bonchev–Trinajstić information content (AvgIpc) is 2.84. The highest BCUT2D eigenvalue weighted by Gasteiger charge is 2.23. The lowest BCUT2D eigenvalue weighted by atomic mass is 10.1. The van der Waals surface area contributed by atoms with Crippen LogP contribution in [0, 0.1) is 0 Å². The third kappa shape index (κ3) is 6.20. The topological polar surface area (TPSA) is 59.6 Å². The SMILES string of the molecule is CC1OCCC1NCCc1ccc(NC(=O)OC(C)(C)C)cc1. The van der Waals surface area contributed by atoms with Crippen LogP contribution in [-0.2, 0) is 15.9 Å². The van der Waals surface area contributed by atoms with Gasteiger partial charge < -0.3 is 14.8 Å². The molecule has 1 aliphatic heterocycles. The number of carbonyl (C=O) groups excluding carboxylic acids is 1. The largest absolute Gasteiger partial charge is 0.444 e. The maximum atomic E-state index is 11.7. The Kier molecular flexibility index (Phi) is 6.02. The van der Waals surface area contributed by atoms with E-state index in [4.69, 9.17) is 9.47 Å². The summed E-state index contributed by atoms with van der Waals surface area (Å²) in [6, 6.07) is 8.33. The van der Waals surface area contributed by atoms with Crippen LogP contribution in [-0.4, -0.2) is 37.0 Å². The molecule has 0 saturated carbocycles. The molecule has 2 rings (SSSR count). The van der Waals surface area contributed by atoms with Gasteiger partial charge in [0.05, 0.1) is 6.10 Å². The number of nitrogens with one attached hydrogen (secondary N) is 2. The fourth-order valence-electron chi connectivity index (χ4n) is 2.58. The second-order valence-electron chi connectivity index (χ2n) is 7.00. The predicted molar refractivity (Wildman–Crippen MR) is 91.8 cm³/mol. The molecule has 128 valence electrons. The van der Waals surface area contributed by atoms with Crippen LogP contribution >= 0.6 is 0 Å². The minimum Gasteiger partial charge on any atom is -0.444 e. The molecule has 0 aliphatic carbocycles. The van der Waals surface area contributed by atoms with E-state index < -0.39 is 11.7 Å². The molecule has 0 aromatic heterocycles. The number of hydrogen-bond donors (Lipinski definition) is 2. The first-order chi connectivity index (χ1) is 10.8. The van der Waals surface area contributed by atoms with Crippen molar-refractivity contribution in [1.29, 1.82) is 0 Å². The van der Waals surface area contributed by atoms with Crippen molar-refractivity contribution in [3.8, 4) is 0 Å². The number of anilines is 1. The van der Waals surface area contributed by atoms with Crippen molar-refractivity contribution in [2.45, 2.75) is 58.3 Å². The van der Waals surface area contributed by atoms with Crippen molar-refractivity contribution in [2.75, 3.05) is 18.5 Å². The van der Waals surface area contributed by atoms with Gasteiger partial charge in [-0.2, -0.15) is 0 Å². The highest BCUT2D eigenvalue weighted by molar-refractivity contribution is 5.84. The summed E-state index contributed by atoms with van der Waals surface area (Å²) < 4.78 is 10.8. The summed E-state index contributed by atoms with van der Waals surface area (Å²) in [7, 11) is 0. The van der Waals surface area contributed by atoms with Crippen molar-refractivity contribution < 1.29 is 14.3 Å². The third-order valence-corrected chi connectivity index (χ3v) is 3.80. The Hall–Kier alpha value is -1.59. The van der Waals surface area contributed by atoms with E-state index in [0.29, 0.717) is 12.1 Å². The first-order valence-corrected chi connectivity index (χ1v) is 8.27. The zero-order valence-electron chi connectivity index (χ0n) is 14.5. The first kappa shape index (κ1) is 17.8. The van der Waals surface area contributed by atoms with Gasteiger partial charge in [-0.3, -0.25) is 5.32 Å². The molecular formula is C18H28N2O3. The fraction of sp³-hybridized carbons (Fsp3) is 0.611. The molecule has 2 N–H and O–H groups in total. The number of carbonyl (C=O) groups is 1. The summed E-state index contributed by atoms with van der Waals surface area (Å²) in [4.78, 5) is 11.7. The van der Waals surface area contributed by atoms with Gasteiger partial charge in [-0.05, 0) is 64.8 Å². The van der Waals surface area contributed by atoms with E-state index in [1.165, 1.54) is 5.56 Å². The first-order valence-electron chi connectivity index (χ1n) is 8.27. The molecule has 0 spiro atoms. The molecule has 1 aliphatic rings. The van der Waals surface area contributed by atoms with Gasteiger partial charge in [0.15, 0.2) is 0 Å². The normalized spacial score (nSPS) is 21.2. The van der Waals surface area contributed by atoms with E-state index in [-0.39, 0.29) is 0 Å². The smallest absolute Gasteiger partial charge is 0.412 e. The van der Waals surface area contributed by atoms with E-state index in [2.05, 4.69) is 17.6 Å². The molecule has 1 fully saturated rings. The minimum atomic E-state index is -0.489. The maximum absolute atomic E-state index is 11.7. The Morgan fingerprint density at radius 1 is 1.30 bits per heavy atom. The Bertz CT molecular complexity index is 508. The van der Waals surface area contributed by atoms with E-state index in [1.807, 2.05) is 45.0 Å². The number of rotatable bonds is 5. The number of ether oxygens (including phenoxy) is 2. The Morgan fingerprint density at radius 3 is 2.57 bits per heavy atom. The van der Waals surface area contributed by atoms with Crippen molar-refractivity contribution in [3.63, 3.8) is 0 Å². The highest BCUT2D eigenvalue weighted by Crippen LogP contribution is 2.14. The van der Waals surface area contributed by atoms with Gasteiger partial charge in [-0.15, -0.1) is 0 Å². The van der Waals surface area contributed by atoms with Gasteiger partial charge >= 0.3 is 6.09 Å². The molecule has 2 unspecified atom stereocenters. The predicted octanol–water partition coefficient (Wildman–Crippen LogP) is 3.34. The van der Waals surface area contributed by atoms with Gasteiger partial charge in [-0.1, -0.05) is 12.1 Å². The number of amides is 1. The third-order valence-electron chi connectivity index (χ3n) is 3.80. The van der Waals surface area contributed by atoms with Crippen LogP contribution in [0.2, 0.25) is 0 Å². The van der Waals surface area contributed by atoms with Crippen molar-refractivity contribution in [1.82, 2.24) is 5.32 Å². The van der Waals surface area contributed by atoms with Crippen molar-refractivity contribution in [3.05, 3.63) is 29.8 Å². The van der Waals surface area contributed by atoms with Crippen molar-refractivity contribution in [2.24, 2.45) is 0 Å². The molecule has 0 radical (unpaired) electrons. The van der Waals surface area contributed by atoms with Crippen LogP contribution in [0.25, 0.3) is 0 Å². The van der Waals surface area contributed by atoms with E-state index in [1.54, 1.807) is 0 Å². The molecule has 1 heterocycles. The molecular weight excluding hydrogens is 292 g/mol. The molecule has 23 heavy (non-hydrogen) atoms. The average molecular weight is 320 g/mol. The lowest BCUT2D eigenvalue weighted by Gasteiger charge is -2.19. The van der Waals surface area contributed by atoms with Gasteiger partial charge in [0.2, 0.25) is 0 Å². The van der Waals surface area contributed by atoms with Gasteiger partial charge in [0, 0.05) is 18.3 Å². The molecule has 0 bridgehead atoms. The van der Waals surface area contributed by atoms with Crippen LogP contribution in [0.15, 0.2) is 24.3 Å². The van der Waals surface area contributed by atoms with Gasteiger partial charge in [0.25, 0.3) is 0 Å². The standard InChI is InChI=1S/C18H28N2O3/c1-13-16(10-12-22-13)19-11-9-14-5-7-15(8-6-14)20-17(21)23-18(2,3)4/h5-8,13,16,19H,9-12H2,1-4H3,(H,20,21). The Morgan fingerprint density at radius 2 is 2.00 bits per heavy atom. The highest BCUT2D eigenvalue weighted by atomic mass is 16.6. The zero-order chi connectivity index (χ0) is 16.9. The molecule has 1 aromatic carbocycles. The quantitative estimate of drug-likeness (QED) is 0.873. The van der Waals surface area contributed by atoms with Crippen LogP contribution in [0.5, 0.6) is 0 Å². The zero-order valence-corrected chi connectivity index (χ0v) is 14.5. The monoisotopic (exact) mass is 320 g/mol. The van der Waals surface area contributed by atoms with Crippen LogP contribution in [0.3, 0.4) is 0 Å². The molecule has 1 saturated heterocycles. The summed E-state index contributed by atoms with van der Waals surface area (Å²) in [5.41, 5.74) is 1.49. The Labute approximate surface area is 138 Å². The lowest BCUT2D eigenvalue weighted by Crippen LogP contribution is -2.35. The summed E-state index contributed by atoms with van der Waals surface area (Å²) in [6.07, 6.45) is 1.91. The molecule has 2 atom stereocenters. The molecule has 1 amide bonds. The van der Waals surface area contributed by atoms with Crippen LogP contribution in [0.1, 0.15) is 39.7 Å². The molecule has 5 nitrogen and oxygen atoms in total. The minimum absolute atomic E-state index is 0.301. The van der Waals surface area contributed by atoms with E-state index >= 15 is 0 Å². The fourth-order valence-corrected chi connectivity index (χ4v) is 2.58. The van der Waals surface area contributed by atoms with Crippen LogP contribution in [0.4, 0.5) is 10.5 Å². The number of benzene rings is 1. The lowest BCUT2D eigenvalue weighted by molar-refractivity contribution is 0.0636. The second kappa shape index (κ2) is 7.79. The molecule has 1 aromatic rings. The summed E-state index contributed by atoms with van der Waals surface area (Å²) in [6.45, 7) is 9.43. The summed E-state index contributed by atoms with van der Waals surface area (Å²) in [5.74, 6) is 0. The second-order valence-corrected chi connectivity index (χ2v) is 7.00. The van der Waals surface area contributed by atoms with E-state index in [0.717, 1.165) is 31.7 Å².